The largest absolute Gasteiger partial charge is 0.412 e. The van der Waals surface area contributed by atoms with Gasteiger partial charge in [-0.25, -0.2) is 8.78 Å². The van der Waals surface area contributed by atoms with Gasteiger partial charge >= 0.3 is 6.18 Å². The number of rotatable bonds is 4. The normalized spacial score (nSPS) is 13.0. The molecule has 1 heterocycles. The quantitative estimate of drug-likeness (QED) is 0.851. The van der Waals surface area contributed by atoms with Crippen LogP contribution >= 0.6 is 0 Å². The number of aromatic nitrogens is 2. The lowest BCUT2D eigenvalue weighted by Crippen LogP contribution is -2.39. The average molecular weight is 319 g/mol. The monoisotopic (exact) mass is 319 g/mol. The van der Waals surface area contributed by atoms with Crippen molar-refractivity contribution in [2.45, 2.75) is 18.6 Å². The van der Waals surface area contributed by atoms with Gasteiger partial charge in [-0.05, 0) is 12.1 Å². The molecule has 2 rings (SSSR count). The second kappa shape index (κ2) is 6.12. The predicted octanol–water partition coefficient (Wildman–Crippen LogP) is 2.65. The summed E-state index contributed by atoms with van der Waals surface area (Å²) in [4.78, 5) is 11.7. The SMILES string of the molecule is O=C(Cc1ccn[nH]1)NC(c1cccc(F)c1F)C(F)(F)F. The van der Waals surface area contributed by atoms with Crippen molar-refractivity contribution >= 4 is 5.91 Å². The van der Waals surface area contributed by atoms with Gasteiger partial charge < -0.3 is 5.32 Å². The van der Waals surface area contributed by atoms with Crippen LogP contribution in [0.15, 0.2) is 30.5 Å². The molecule has 4 nitrogen and oxygen atoms in total. The molecule has 1 atom stereocenters. The standard InChI is InChI=1S/C13H10F5N3O/c14-9-3-1-2-8(11(9)15)12(13(16,17)18)20-10(22)6-7-4-5-19-21-7/h1-5,12H,6H2,(H,19,21)(H,20,22). The summed E-state index contributed by atoms with van der Waals surface area (Å²) < 4.78 is 65.8. The molecule has 0 saturated heterocycles. The summed E-state index contributed by atoms with van der Waals surface area (Å²) in [6.07, 6.45) is -4.04. The van der Waals surface area contributed by atoms with Crippen molar-refractivity contribution in [2.24, 2.45) is 0 Å². The summed E-state index contributed by atoms with van der Waals surface area (Å²) in [5.41, 5.74) is -0.691. The van der Waals surface area contributed by atoms with Crippen LogP contribution in [0.1, 0.15) is 17.3 Å². The second-order valence-corrected chi connectivity index (χ2v) is 4.44. The lowest BCUT2D eigenvalue weighted by Gasteiger charge is -2.22. The first kappa shape index (κ1) is 15.9. The number of alkyl halides is 3. The van der Waals surface area contributed by atoms with Crippen LogP contribution in [-0.2, 0) is 11.2 Å². The van der Waals surface area contributed by atoms with Crippen molar-refractivity contribution in [3.63, 3.8) is 0 Å². The van der Waals surface area contributed by atoms with Gasteiger partial charge in [0, 0.05) is 17.5 Å². The summed E-state index contributed by atoms with van der Waals surface area (Å²) in [5, 5.41) is 7.63. The Hall–Kier alpha value is -2.45. The number of nitrogens with zero attached hydrogens (tertiary/aromatic N) is 1. The highest BCUT2D eigenvalue weighted by molar-refractivity contribution is 5.78. The van der Waals surface area contributed by atoms with E-state index < -0.39 is 41.7 Å². The number of H-pyrrole nitrogens is 1. The summed E-state index contributed by atoms with van der Waals surface area (Å²) >= 11 is 0. The highest BCUT2D eigenvalue weighted by Crippen LogP contribution is 2.34. The third-order valence-corrected chi connectivity index (χ3v) is 2.83. The molecular formula is C13H10F5N3O. The molecule has 0 aliphatic rings. The fourth-order valence-electron chi connectivity index (χ4n) is 1.85. The minimum atomic E-state index is -4.97. The Bertz CT molecular complexity index is 654. The topological polar surface area (TPSA) is 57.8 Å². The van der Waals surface area contributed by atoms with Crippen molar-refractivity contribution in [1.29, 1.82) is 0 Å². The van der Waals surface area contributed by atoms with Gasteiger partial charge in [0.1, 0.15) is 0 Å². The summed E-state index contributed by atoms with van der Waals surface area (Å²) in [5.74, 6) is -4.07. The first-order chi connectivity index (χ1) is 10.3. The van der Waals surface area contributed by atoms with Crippen molar-refractivity contribution in [3.8, 4) is 0 Å². The number of carbonyl (C=O) groups is 1. The number of benzene rings is 1. The van der Waals surface area contributed by atoms with E-state index in [-0.39, 0.29) is 5.69 Å². The Morgan fingerprint density at radius 1 is 1.27 bits per heavy atom. The van der Waals surface area contributed by atoms with Crippen LogP contribution in [0.5, 0.6) is 0 Å². The Kier molecular flexibility index (Phi) is 4.43. The third kappa shape index (κ3) is 3.60. The molecule has 0 aliphatic heterocycles. The van der Waals surface area contributed by atoms with E-state index in [4.69, 9.17) is 0 Å². The molecular weight excluding hydrogens is 309 g/mol. The molecule has 0 bridgehead atoms. The van der Waals surface area contributed by atoms with Gasteiger partial charge in [-0.2, -0.15) is 18.3 Å². The fourth-order valence-corrected chi connectivity index (χ4v) is 1.85. The maximum absolute atomic E-state index is 13.6. The Balaban J connectivity index is 2.24. The van der Waals surface area contributed by atoms with Crippen molar-refractivity contribution in [2.75, 3.05) is 0 Å². The first-order valence-electron chi connectivity index (χ1n) is 6.07. The van der Waals surface area contributed by atoms with Gasteiger partial charge in [0.2, 0.25) is 5.91 Å². The lowest BCUT2D eigenvalue weighted by molar-refractivity contribution is -0.163. The summed E-state index contributed by atoms with van der Waals surface area (Å²) in [6, 6.07) is 1.17. The Labute approximate surface area is 121 Å². The number of halogens is 5. The van der Waals surface area contributed by atoms with Crippen LogP contribution < -0.4 is 5.32 Å². The second-order valence-electron chi connectivity index (χ2n) is 4.44. The molecule has 0 fully saturated rings. The van der Waals surface area contributed by atoms with Crippen LogP contribution in [0.2, 0.25) is 0 Å². The van der Waals surface area contributed by atoms with Crippen LogP contribution in [-0.4, -0.2) is 22.3 Å². The van der Waals surface area contributed by atoms with Crippen LogP contribution in [0, 0.1) is 11.6 Å². The maximum atomic E-state index is 13.6. The predicted molar refractivity (Wildman–Crippen MR) is 65.6 cm³/mol. The van der Waals surface area contributed by atoms with E-state index in [1.165, 1.54) is 12.3 Å². The van der Waals surface area contributed by atoms with Crippen molar-refractivity contribution in [3.05, 3.63) is 53.4 Å². The lowest BCUT2D eigenvalue weighted by atomic mass is 10.0. The molecule has 2 aromatic rings. The fraction of sp³-hybridized carbons (Fsp3) is 0.231. The number of nitrogens with one attached hydrogen (secondary N) is 2. The van der Waals surface area contributed by atoms with E-state index in [0.717, 1.165) is 12.1 Å². The summed E-state index contributed by atoms with van der Waals surface area (Å²) in [7, 11) is 0. The van der Waals surface area contributed by atoms with E-state index in [9.17, 15) is 26.7 Å². The number of hydrogen-bond donors (Lipinski definition) is 2. The van der Waals surface area contributed by atoms with Crippen molar-refractivity contribution < 1.29 is 26.7 Å². The van der Waals surface area contributed by atoms with Gasteiger partial charge in [-0.1, -0.05) is 12.1 Å². The number of hydrogen-bond acceptors (Lipinski definition) is 2. The summed E-state index contributed by atoms with van der Waals surface area (Å²) in [6.45, 7) is 0. The Morgan fingerprint density at radius 2 is 2.00 bits per heavy atom. The van der Waals surface area contributed by atoms with Gasteiger partial charge in [0.15, 0.2) is 17.7 Å². The van der Waals surface area contributed by atoms with E-state index in [0.29, 0.717) is 6.07 Å². The van der Waals surface area contributed by atoms with Crippen LogP contribution in [0.4, 0.5) is 22.0 Å². The molecule has 0 aliphatic carbocycles. The molecule has 0 radical (unpaired) electrons. The van der Waals surface area contributed by atoms with Crippen molar-refractivity contribution in [1.82, 2.24) is 15.5 Å². The minimum Gasteiger partial charge on any atom is -0.340 e. The van der Waals surface area contributed by atoms with Gasteiger partial charge in [-0.3, -0.25) is 9.89 Å². The van der Waals surface area contributed by atoms with E-state index >= 15 is 0 Å². The van der Waals surface area contributed by atoms with Gasteiger partial charge in [0.25, 0.3) is 0 Å². The van der Waals surface area contributed by atoms with Gasteiger partial charge in [0.05, 0.1) is 6.42 Å². The smallest absolute Gasteiger partial charge is 0.340 e. The average Bonchev–Trinajstić information content (AvgIpc) is 2.91. The van der Waals surface area contributed by atoms with E-state index in [1.54, 1.807) is 5.32 Å². The minimum absolute atomic E-state index is 0.290. The molecule has 0 spiro atoms. The molecule has 2 N–H and O–H groups in total. The molecule has 118 valence electrons. The van der Waals surface area contributed by atoms with E-state index in [2.05, 4.69) is 10.2 Å². The van der Waals surface area contributed by atoms with E-state index in [1.807, 2.05) is 0 Å². The van der Waals surface area contributed by atoms with Crippen LogP contribution in [0.3, 0.4) is 0 Å². The molecule has 1 amide bonds. The van der Waals surface area contributed by atoms with Crippen LogP contribution in [0.25, 0.3) is 0 Å². The zero-order chi connectivity index (χ0) is 16.3. The highest BCUT2D eigenvalue weighted by atomic mass is 19.4. The third-order valence-electron chi connectivity index (χ3n) is 2.83. The molecule has 1 unspecified atom stereocenters. The molecule has 0 saturated carbocycles. The zero-order valence-corrected chi connectivity index (χ0v) is 10.9. The first-order valence-corrected chi connectivity index (χ1v) is 6.07. The highest BCUT2D eigenvalue weighted by Gasteiger charge is 2.43. The van der Waals surface area contributed by atoms with Gasteiger partial charge in [-0.15, -0.1) is 0 Å². The molecule has 1 aromatic heterocycles. The maximum Gasteiger partial charge on any atom is 0.412 e. The molecule has 22 heavy (non-hydrogen) atoms. The molecule has 9 heteroatoms. The molecule has 1 aromatic carbocycles. The number of carbonyl (C=O) groups excluding carboxylic acids is 1. The number of aromatic amines is 1. The Morgan fingerprint density at radius 3 is 2.59 bits per heavy atom. The number of amides is 1. The zero-order valence-electron chi connectivity index (χ0n) is 10.9.